The van der Waals surface area contributed by atoms with Crippen LogP contribution in [0.1, 0.15) is 12.8 Å². The van der Waals surface area contributed by atoms with E-state index in [9.17, 15) is 9.59 Å². The molecule has 2 N–H and O–H groups in total. The van der Waals surface area contributed by atoms with E-state index in [1.807, 2.05) is 6.26 Å². The van der Waals surface area contributed by atoms with Gasteiger partial charge in [0.2, 0.25) is 11.8 Å². The zero-order valence-electron chi connectivity index (χ0n) is 11.1. The quantitative estimate of drug-likeness (QED) is 0.812. The van der Waals surface area contributed by atoms with Gasteiger partial charge in [0, 0.05) is 19.0 Å². The van der Waals surface area contributed by atoms with Crippen LogP contribution in [0.2, 0.25) is 0 Å². The van der Waals surface area contributed by atoms with Crippen molar-refractivity contribution in [3.63, 3.8) is 0 Å². The predicted octanol–water partition coefficient (Wildman–Crippen LogP) is 1.08. The summed E-state index contributed by atoms with van der Waals surface area (Å²) in [5.41, 5.74) is 5.28. The number of amides is 2. The van der Waals surface area contributed by atoms with E-state index in [0.29, 0.717) is 31.7 Å². The van der Waals surface area contributed by atoms with E-state index in [-0.39, 0.29) is 17.7 Å². The molecule has 1 aromatic rings. The van der Waals surface area contributed by atoms with Gasteiger partial charge in [0.1, 0.15) is 0 Å². The molecule has 6 nitrogen and oxygen atoms in total. The Hall–Kier alpha value is -0.800. The summed E-state index contributed by atoms with van der Waals surface area (Å²) in [6, 6.07) is 0. The van der Waals surface area contributed by atoms with Crippen LogP contribution < -0.4 is 5.73 Å². The van der Waals surface area contributed by atoms with Crippen LogP contribution in [0.4, 0.5) is 0 Å². The van der Waals surface area contributed by atoms with Crippen molar-refractivity contribution in [3.8, 4) is 0 Å². The number of nitrogens with zero attached hydrogens (tertiary/aromatic N) is 3. The number of nitrogens with two attached hydrogens (primary N) is 1. The van der Waals surface area contributed by atoms with Crippen LogP contribution in [-0.2, 0) is 9.59 Å². The third kappa shape index (κ3) is 4.10. The Morgan fingerprint density at radius 2 is 2.00 bits per heavy atom. The van der Waals surface area contributed by atoms with E-state index in [1.54, 1.807) is 16.7 Å². The Morgan fingerprint density at radius 1 is 1.35 bits per heavy atom. The summed E-state index contributed by atoms with van der Waals surface area (Å²) in [7, 11) is 0. The minimum Gasteiger partial charge on any atom is -0.369 e. The molecule has 2 rings (SSSR count). The average molecular weight is 332 g/mol. The summed E-state index contributed by atoms with van der Waals surface area (Å²) in [6.07, 6.45) is 3.28. The molecule has 0 spiro atoms. The van der Waals surface area contributed by atoms with Gasteiger partial charge in [0.05, 0.1) is 5.75 Å². The molecule has 0 bridgehead atoms. The molecule has 1 fully saturated rings. The van der Waals surface area contributed by atoms with Gasteiger partial charge < -0.3 is 10.6 Å². The molecule has 1 aromatic heterocycles. The maximum Gasteiger partial charge on any atom is 0.233 e. The van der Waals surface area contributed by atoms with Crippen molar-refractivity contribution >= 4 is 46.7 Å². The first-order valence-electron chi connectivity index (χ1n) is 6.17. The number of piperidine rings is 1. The molecule has 1 saturated heterocycles. The SMILES string of the molecule is CSc1nnc(SCC(=O)N2CCC(C(N)=O)CC2)s1. The zero-order chi connectivity index (χ0) is 14.5. The van der Waals surface area contributed by atoms with Gasteiger partial charge in [-0.1, -0.05) is 34.9 Å². The number of hydrogen-bond donors (Lipinski definition) is 1. The number of carbonyl (C=O) groups is 2. The Morgan fingerprint density at radius 3 is 2.55 bits per heavy atom. The van der Waals surface area contributed by atoms with Crippen molar-refractivity contribution in [2.75, 3.05) is 25.1 Å². The number of hydrogen-bond acceptors (Lipinski definition) is 7. The van der Waals surface area contributed by atoms with Gasteiger partial charge >= 0.3 is 0 Å². The van der Waals surface area contributed by atoms with Gasteiger partial charge in [-0.2, -0.15) is 0 Å². The number of primary amides is 1. The smallest absolute Gasteiger partial charge is 0.233 e. The molecular weight excluding hydrogens is 316 g/mol. The molecule has 1 aliphatic rings. The second kappa shape index (κ2) is 7.28. The maximum absolute atomic E-state index is 12.1. The largest absolute Gasteiger partial charge is 0.369 e. The van der Waals surface area contributed by atoms with E-state index in [1.165, 1.54) is 23.1 Å². The summed E-state index contributed by atoms with van der Waals surface area (Å²) in [6.45, 7) is 1.22. The molecule has 2 amide bonds. The summed E-state index contributed by atoms with van der Waals surface area (Å²) < 4.78 is 1.72. The Balaban J connectivity index is 1.77. The van der Waals surface area contributed by atoms with Gasteiger partial charge in [0.15, 0.2) is 8.68 Å². The van der Waals surface area contributed by atoms with Gasteiger partial charge in [-0.3, -0.25) is 9.59 Å². The summed E-state index contributed by atoms with van der Waals surface area (Å²) in [5, 5.41) is 8.01. The van der Waals surface area contributed by atoms with Crippen LogP contribution in [0.25, 0.3) is 0 Å². The number of carbonyl (C=O) groups excluding carboxylic acids is 2. The fraction of sp³-hybridized carbons (Fsp3) is 0.636. The summed E-state index contributed by atoms with van der Waals surface area (Å²) >= 11 is 4.46. The third-order valence-corrected chi connectivity index (χ3v) is 6.15. The van der Waals surface area contributed by atoms with Crippen LogP contribution in [0.5, 0.6) is 0 Å². The Labute approximate surface area is 129 Å². The van der Waals surface area contributed by atoms with Crippen molar-refractivity contribution in [2.24, 2.45) is 11.7 Å². The van der Waals surface area contributed by atoms with Crippen LogP contribution in [0, 0.1) is 5.92 Å². The number of thioether (sulfide) groups is 2. The van der Waals surface area contributed by atoms with Crippen molar-refractivity contribution in [1.29, 1.82) is 0 Å². The van der Waals surface area contributed by atoms with Gasteiger partial charge in [-0.15, -0.1) is 10.2 Å². The topological polar surface area (TPSA) is 89.2 Å². The van der Waals surface area contributed by atoms with Crippen LogP contribution >= 0.6 is 34.9 Å². The normalized spacial score (nSPS) is 16.4. The van der Waals surface area contributed by atoms with Gasteiger partial charge in [-0.05, 0) is 19.1 Å². The minimum absolute atomic E-state index is 0.0822. The van der Waals surface area contributed by atoms with E-state index in [2.05, 4.69) is 10.2 Å². The first kappa shape index (κ1) is 15.6. The van der Waals surface area contributed by atoms with E-state index < -0.39 is 0 Å². The lowest BCUT2D eigenvalue weighted by atomic mass is 9.96. The highest BCUT2D eigenvalue weighted by molar-refractivity contribution is 8.03. The summed E-state index contributed by atoms with van der Waals surface area (Å²) in [4.78, 5) is 24.9. The minimum atomic E-state index is -0.259. The predicted molar refractivity (Wildman–Crippen MR) is 80.9 cm³/mol. The number of rotatable bonds is 5. The molecule has 0 aliphatic carbocycles. The Bertz CT molecular complexity index is 486. The first-order chi connectivity index (χ1) is 9.60. The summed E-state index contributed by atoms with van der Waals surface area (Å²) in [5.74, 6) is 0.104. The highest BCUT2D eigenvalue weighted by Gasteiger charge is 2.25. The van der Waals surface area contributed by atoms with E-state index in [0.717, 1.165) is 8.68 Å². The Kier molecular flexibility index (Phi) is 5.67. The lowest BCUT2D eigenvalue weighted by Crippen LogP contribution is -2.42. The molecule has 20 heavy (non-hydrogen) atoms. The molecule has 0 radical (unpaired) electrons. The highest BCUT2D eigenvalue weighted by Crippen LogP contribution is 2.27. The standard InChI is InChI=1S/C11H16N4O2S3/c1-18-10-13-14-11(20-10)19-6-8(16)15-4-2-7(3-5-15)9(12)17/h7H,2-6H2,1H3,(H2,12,17). The number of aromatic nitrogens is 2. The molecule has 0 saturated carbocycles. The lowest BCUT2D eigenvalue weighted by molar-refractivity contribution is -0.132. The number of likely N-dealkylation sites (tertiary alicyclic amines) is 1. The van der Waals surface area contributed by atoms with Gasteiger partial charge in [-0.25, -0.2) is 0 Å². The molecule has 1 aliphatic heterocycles. The highest BCUT2D eigenvalue weighted by atomic mass is 32.2. The second-order valence-electron chi connectivity index (χ2n) is 4.38. The zero-order valence-corrected chi connectivity index (χ0v) is 13.5. The average Bonchev–Trinajstić information content (AvgIpc) is 2.93. The van der Waals surface area contributed by atoms with E-state index in [4.69, 9.17) is 5.73 Å². The van der Waals surface area contributed by atoms with Crippen molar-refractivity contribution in [3.05, 3.63) is 0 Å². The second-order valence-corrected chi connectivity index (χ2v) is 7.64. The first-order valence-corrected chi connectivity index (χ1v) is 9.20. The molecule has 9 heteroatoms. The monoisotopic (exact) mass is 332 g/mol. The van der Waals surface area contributed by atoms with Crippen molar-refractivity contribution in [2.45, 2.75) is 21.5 Å². The molecule has 0 aromatic carbocycles. The van der Waals surface area contributed by atoms with Gasteiger partial charge in [0.25, 0.3) is 0 Å². The molecule has 2 heterocycles. The fourth-order valence-corrected chi connectivity index (χ4v) is 4.31. The third-order valence-electron chi connectivity index (χ3n) is 3.13. The molecular formula is C11H16N4O2S3. The molecule has 0 atom stereocenters. The van der Waals surface area contributed by atoms with Crippen molar-refractivity contribution in [1.82, 2.24) is 15.1 Å². The van der Waals surface area contributed by atoms with Crippen molar-refractivity contribution < 1.29 is 9.59 Å². The maximum atomic E-state index is 12.1. The fourth-order valence-electron chi connectivity index (χ4n) is 1.97. The lowest BCUT2D eigenvalue weighted by Gasteiger charge is -2.30. The van der Waals surface area contributed by atoms with Crippen LogP contribution in [-0.4, -0.2) is 52.0 Å². The van der Waals surface area contributed by atoms with Crippen LogP contribution in [0.15, 0.2) is 8.68 Å². The van der Waals surface area contributed by atoms with E-state index >= 15 is 0 Å². The molecule has 110 valence electrons. The molecule has 0 unspecified atom stereocenters. The van der Waals surface area contributed by atoms with Crippen LogP contribution in [0.3, 0.4) is 0 Å².